The summed E-state index contributed by atoms with van der Waals surface area (Å²) in [6, 6.07) is 9.83. The zero-order valence-corrected chi connectivity index (χ0v) is 13.8. The maximum atomic E-state index is 12.8. The Kier molecular flexibility index (Phi) is 5.16. The van der Waals surface area contributed by atoms with Gasteiger partial charge in [-0.15, -0.1) is 0 Å². The monoisotopic (exact) mass is 313 g/mol. The van der Waals surface area contributed by atoms with Crippen LogP contribution in [0.25, 0.3) is 0 Å². The predicted molar refractivity (Wildman–Crippen MR) is 91.8 cm³/mol. The Hall–Kier alpha value is -1.61. The summed E-state index contributed by atoms with van der Waals surface area (Å²) in [5.74, 6) is 1.68. The molecule has 3 nitrogen and oxygen atoms in total. The molecular weight excluding hydrogens is 286 g/mol. The number of aliphatic hydroxyl groups is 1. The van der Waals surface area contributed by atoms with Crippen LogP contribution in [-0.4, -0.2) is 23.7 Å². The Balaban J connectivity index is 1.64. The van der Waals surface area contributed by atoms with Crippen molar-refractivity contribution in [3.05, 3.63) is 48.0 Å². The molecular formula is C20H27NO2. The molecule has 23 heavy (non-hydrogen) atoms. The normalized spacial score (nSPS) is 29.7. The summed E-state index contributed by atoms with van der Waals surface area (Å²) in [7, 11) is 0. The highest BCUT2D eigenvalue weighted by molar-refractivity contribution is 5.80. The van der Waals surface area contributed by atoms with Crippen LogP contribution >= 0.6 is 0 Å². The summed E-state index contributed by atoms with van der Waals surface area (Å²) in [4.78, 5) is 12.8. The molecule has 3 rings (SSSR count). The number of carbonyl (C=O) groups excluding carboxylic acids is 1. The second kappa shape index (κ2) is 7.31. The van der Waals surface area contributed by atoms with Gasteiger partial charge in [0.15, 0.2) is 0 Å². The Bertz CT molecular complexity index is 554. The lowest BCUT2D eigenvalue weighted by Crippen LogP contribution is -2.45. The van der Waals surface area contributed by atoms with Crippen molar-refractivity contribution in [3.8, 4) is 0 Å². The first-order chi connectivity index (χ1) is 11.2. The Morgan fingerprint density at radius 3 is 2.70 bits per heavy atom. The van der Waals surface area contributed by atoms with Crippen LogP contribution in [-0.2, 0) is 11.2 Å². The van der Waals surface area contributed by atoms with Gasteiger partial charge in [0.1, 0.15) is 0 Å². The molecule has 124 valence electrons. The molecule has 2 N–H and O–H groups in total. The average Bonchev–Trinajstić information content (AvgIpc) is 3.17. The molecule has 2 aliphatic carbocycles. The molecule has 0 saturated heterocycles. The van der Waals surface area contributed by atoms with Crippen LogP contribution < -0.4 is 5.32 Å². The van der Waals surface area contributed by atoms with Gasteiger partial charge < -0.3 is 10.4 Å². The summed E-state index contributed by atoms with van der Waals surface area (Å²) >= 11 is 0. The van der Waals surface area contributed by atoms with E-state index < -0.39 is 0 Å². The van der Waals surface area contributed by atoms with Crippen molar-refractivity contribution < 1.29 is 9.90 Å². The molecule has 2 bridgehead atoms. The van der Waals surface area contributed by atoms with E-state index in [9.17, 15) is 9.90 Å². The van der Waals surface area contributed by atoms with E-state index in [1.165, 1.54) is 0 Å². The first-order valence-corrected chi connectivity index (χ1v) is 8.86. The number of carbonyl (C=O) groups is 1. The quantitative estimate of drug-likeness (QED) is 0.760. The number of benzene rings is 1. The SMILES string of the molecule is CCC[C@H]1[C@H](C(=O)N[C@H](CO)Cc2ccccc2)[C@H]2C=C[C@@H]1C2. The highest BCUT2D eigenvalue weighted by atomic mass is 16.3. The van der Waals surface area contributed by atoms with Gasteiger partial charge in [-0.3, -0.25) is 4.79 Å². The van der Waals surface area contributed by atoms with Gasteiger partial charge in [0.05, 0.1) is 12.6 Å². The van der Waals surface area contributed by atoms with Crippen LogP contribution in [0.4, 0.5) is 0 Å². The summed E-state index contributed by atoms with van der Waals surface area (Å²) in [6.07, 6.45) is 8.59. The standard InChI is InChI=1S/C20H27NO2/c1-2-6-18-15-9-10-16(12-15)19(18)20(23)21-17(13-22)11-14-7-4-3-5-8-14/h3-5,7-10,15-19,22H,2,6,11-13H2,1H3,(H,21,23)/t15-,16+,17+,18-,19-/m1/s1. The zero-order valence-electron chi connectivity index (χ0n) is 13.8. The minimum absolute atomic E-state index is 0.0181. The zero-order chi connectivity index (χ0) is 16.2. The van der Waals surface area contributed by atoms with Crippen molar-refractivity contribution in [2.45, 2.75) is 38.6 Å². The number of allylic oxidation sites excluding steroid dienone is 2. The molecule has 0 spiro atoms. The van der Waals surface area contributed by atoms with E-state index in [-0.39, 0.29) is 24.5 Å². The second-order valence-electron chi connectivity index (χ2n) is 7.00. The molecule has 3 heteroatoms. The van der Waals surface area contributed by atoms with E-state index in [2.05, 4.69) is 24.4 Å². The van der Waals surface area contributed by atoms with Crippen LogP contribution in [0.2, 0.25) is 0 Å². The number of aliphatic hydroxyl groups excluding tert-OH is 1. The fourth-order valence-electron chi connectivity index (χ4n) is 4.40. The number of fused-ring (bicyclic) bond motifs is 2. The molecule has 1 saturated carbocycles. The number of nitrogens with one attached hydrogen (secondary N) is 1. The second-order valence-corrected chi connectivity index (χ2v) is 7.00. The van der Waals surface area contributed by atoms with Gasteiger partial charge in [-0.2, -0.15) is 0 Å². The van der Waals surface area contributed by atoms with Crippen molar-refractivity contribution in [1.82, 2.24) is 5.32 Å². The van der Waals surface area contributed by atoms with Gasteiger partial charge in [0.25, 0.3) is 0 Å². The van der Waals surface area contributed by atoms with Crippen LogP contribution in [0, 0.1) is 23.7 Å². The van der Waals surface area contributed by atoms with Gasteiger partial charge in [-0.05, 0) is 42.6 Å². The predicted octanol–water partition coefficient (Wildman–Crippen LogP) is 2.94. The molecule has 1 fully saturated rings. The summed E-state index contributed by atoms with van der Waals surface area (Å²) in [5.41, 5.74) is 1.14. The number of amides is 1. The molecule has 0 unspecified atom stereocenters. The number of hydrogen-bond acceptors (Lipinski definition) is 2. The maximum absolute atomic E-state index is 12.8. The fraction of sp³-hybridized carbons (Fsp3) is 0.550. The van der Waals surface area contributed by atoms with Crippen molar-refractivity contribution in [3.63, 3.8) is 0 Å². The highest BCUT2D eigenvalue weighted by Crippen LogP contribution is 2.49. The van der Waals surface area contributed by atoms with Crippen LogP contribution in [0.15, 0.2) is 42.5 Å². The molecule has 0 aromatic heterocycles. The molecule has 0 radical (unpaired) electrons. The van der Waals surface area contributed by atoms with Crippen LogP contribution in [0.1, 0.15) is 31.7 Å². The van der Waals surface area contributed by atoms with E-state index in [4.69, 9.17) is 0 Å². The van der Waals surface area contributed by atoms with Gasteiger partial charge >= 0.3 is 0 Å². The summed E-state index contributed by atoms with van der Waals surface area (Å²) in [6.45, 7) is 2.17. The van der Waals surface area contributed by atoms with Gasteiger partial charge in [-0.1, -0.05) is 55.8 Å². The fourth-order valence-corrected chi connectivity index (χ4v) is 4.40. The molecule has 5 atom stereocenters. The molecule has 1 aromatic carbocycles. The van der Waals surface area contributed by atoms with Gasteiger partial charge in [-0.25, -0.2) is 0 Å². The van der Waals surface area contributed by atoms with Crippen LogP contribution in [0.5, 0.6) is 0 Å². The average molecular weight is 313 g/mol. The van der Waals surface area contributed by atoms with E-state index in [1.54, 1.807) is 0 Å². The van der Waals surface area contributed by atoms with Crippen LogP contribution in [0.3, 0.4) is 0 Å². The van der Waals surface area contributed by atoms with E-state index in [1.807, 2.05) is 30.3 Å². The third-order valence-corrected chi connectivity index (χ3v) is 5.44. The molecule has 0 aliphatic heterocycles. The van der Waals surface area contributed by atoms with Crippen molar-refractivity contribution in [1.29, 1.82) is 0 Å². The van der Waals surface area contributed by atoms with Gasteiger partial charge in [0, 0.05) is 5.92 Å². The van der Waals surface area contributed by atoms with E-state index in [0.717, 1.165) is 24.8 Å². The third-order valence-electron chi connectivity index (χ3n) is 5.44. The third kappa shape index (κ3) is 3.50. The maximum Gasteiger partial charge on any atom is 0.224 e. The first kappa shape index (κ1) is 16.3. The lowest BCUT2D eigenvalue weighted by atomic mass is 9.79. The largest absolute Gasteiger partial charge is 0.394 e. The van der Waals surface area contributed by atoms with Crippen molar-refractivity contribution in [2.75, 3.05) is 6.61 Å². The van der Waals surface area contributed by atoms with Crippen molar-refractivity contribution in [2.24, 2.45) is 23.7 Å². The van der Waals surface area contributed by atoms with E-state index >= 15 is 0 Å². The minimum Gasteiger partial charge on any atom is -0.394 e. The Labute approximate surface area is 138 Å². The van der Waals surface area contributed by atoms with Crippen molar-refractivity contribution >= 4 is 5.91 Å². The molecule has 1 aromatic rings. The first-order valence-electron chi connectivity index (χ1n) is 8.86. The highest BCUT2D eigenvalue weighted by Gasteiger charge is 2.47. The minimum atomic E-state index is -0.199. The topological polar surface area (TPSA) is 49.3 Å². The summed E-state index contributed by atoms with van der Waals surface area (Å²) < 4.78 is 0. The smallest absolute Gasteiger partial charge is 0.224 e. The Morgan fingerprint density at radius 1 is 1.26 bits per heavy atom. The summed E-state index contributed by atoms with van der Waals surface area (Å²) in [5, 5.41) is 12.8. The number of hydrogen-bond donors (Lipinski definition) is 2. The molecule has 1 amide bonds. The van der Waals surface area contributed by atoms with E-state index in [0.29, 0.717) is 24.2 Å². The lowest BCUT2D eigenvalue weighted by molar-refractivity contribution is -0.128. The Morgan fingerprint density at radius 2 is 2.00 bits per heavy atom. The molecule has 2 aliphatic rings. The lowest BCUT2D eigenvalue weighted by Gasteiger charge is -2.28. The number of rotatable bonds is 7. The molecule has 0 heterocycles. The van der Waals surface area contributed by atoms with Gasteiger partial charge in [0.2, 0.25) is 5.91 Å².